The van der Waals surface area contributed by atoms with Crippen molar-refractivity contribution >= 4 is 23.4 Å². The van der Waals surface area contributed by atoms with Crippen LogP contribution in [0, 0.1) is 0 Å². The Morgan fingerprint density at radius 3 is 1.73 bits per heavy atom. The lowest BCUT2D eigenvalue weighted by atomic mass is 10.1. The van der Waals surface area contributed by atoms with E-state index in [1.807, 2.05) is 0 Å². The second kappa shape index (κ2) is 11.9. The van der Waals surface area contributed by atoms with Crippen LogP contribution in [0.4, 0.5) is 0 Å². The van der Waals surface area contributed by atoms with Gasteiger partial charge in [-0.05, 0) is 26.7 Å². The summed E-state index contributed by atoms with van der Waals surface area (Å²) in [5, 5.41) is 9.83. The van der Waals surface area contributed by atoms with E-state index in [2.05, 4.69) is 5.43 Å². The van der Waals surface area contributed by atoms with Crippen molar-refractivity contribution in [1.29, 1.82) is 0 Å². The normalized spacial score (nSPS) is 10.5. The van der Waals surface area contributed by atoms with Crippen LogP contribution >= 0.6 is 0 Å². The quantitative estimate of drug-likeness (QED) is 0.392. The number of Topliss-reactive ketones (excluding diaryl/α,β-unsaturated/α-hetero) is 2. The minimum Gasteiger partial charge on any atom is -0.481 e. The van der Waals surface area contributed by atoms with Gasteiger partial charge in [0.05, 0.1) is 13.1 Å². The number of nitrogens with one attached hydrogen (secondary N) is 1. The highest BCUT2D eigenvalue weighted by molar-refractivity contribution is 5.82. The SMILES string of the molecule is CC(=O)CN(CC(C)=O)NC(=O)CCCCCCCC(=O)O. The number of ketones is 2. The summed E-state index contributed by atoms with van der Waals surface area (Å²) < 4.78 is 0. The van der Waals surface area contributed by atoms with Crippen molar-refractivity contribution in [2.75, 3.05) is 13.1 Å². The lowest BCUT2D eigenvalue weighted by molar-refractivity contribution is -0.137. The molecule has 7 heteroatoms. The number of hydrazine groups is 1. The van der Waals surface area contributed by atoms with Crippen molar-refractivity contribution in [3.05, 3.63) is 0 Å². The fourth-order valence-corrected chi connectivity index (χ4v) is 2.00. The molecular weight excluding hydrogens is 288 g/mol. The maximum absolute atomic E-state index is 11.7. The Balaban J connectivity index is 3.82. The van der Waals surface area contributed by atoms with E-state index in [0.29, 0.717) is 19.3 Å². The van der Waals surface area contributed by atoms with E-state index < -0.39 is 5.97 Å². The molecule has 0 saturated heterocycles. The maximum Gasteiger partial charge on any atom is 0.303 e. The van der Waals surface area contributed by atoms with E-state index in [1.165, 1.54) is 18.9 Å². The van der Waals surface area contributed by atoms with Crippen LogP contribution in [0.3, 0.4) is 0 Å². The number of amides is 1. The Bertz CT molecular complexity index is 379. The number of carboxylic acids is 1. The molecule has 0 unspecified atom stereocenters. The van der Waals surface area contributed by atoms with Gasteiger partial charge in [0.1, 0.15) is 11.6 Å². The Morgan fingerprint density at radius 2 is 1.27 bits per heavy atom. The fraction of sp³-hybridized carbons (Fsp3) is 0.733. The summed E-state index contributed by atoms with van der Waals surface area (Å²) in [7, 11) is 0. The highest BCUT2D eigenvalue weighted by Gasteiger charge is 2.12. The molecule has 0 aliphatic heterocycles. The number of unbranched alkanes of at least 4 members (excludes halogenated alkanes) is 4. The molecule has 0 heterocycles. The topological polar surface area (TPSA) is 104 Å². The summed E-state index contributed by atoms with van der Waals surface area (Å²) >= 11 is 0. The van der Waals surface area contributed by atoms with Gasteiger partial charge in [-0.15, -0.1) is 0 Å². The largest absolute Gasteiger partial charge is 0.481 e. The van der Waals surface area contributed by atoms with Gasteiger partial charge in [-0.1, -0.05) is 19.3 Å². The Labute approximate surface area is 131 Å². The second-order valence-corrected chi connectivity index (χ2v) is 5.46. The van der Waals surface area contributed by atoms with Crippen LogP contribution in [-0.4, -0.2) is 46.6 Å². The zero-order valence-electron chi connectivity index (χ0n) is 13.4. The molecule has 0 aliphatic rings. The van der Waals surface area contributed by atoms with Gasteiger partial charge >= 0.3 is 5.97 Å². The molecule has 0 rings (SSSR count). The average molecular weight is 314 g/mol. The van der Waals surface area contributed by atoms with Gasteiger partial charge in [0.25, 0.3) is 0 Å². The smallest absolute Gasteiger partial charge is 0.303 e. The van der Waals surface area contributed by atoms with Crippen LogP contribution in [0.2, 0.25) is 0 Å². The Morgan fingerprint density at radius 1 is 0.818 bits per heavy atom. The Kier molecular flexibility index (Phi) is 10.9. The van der Waals surface area contributed by atoms with Crippen molar-refractivity contribution in [3.8, 4) is 0 Å². The third-order valence-corrected chi connectivity index (χ3v) is 2.90. The summed E-state index contributed by atoms with van der Waals surface area (Å²) in [6.45, 7) is 2.83. The highest BCUT2D eigenvalue weighted by Crippen LogP contribution is 2.07. The standard InChI is InChI=1S/C15H26N2O5/c1-12(18)10-17(11-13(2)19)16-14(20)8-6-4-3-5-7-9-15(21)22/h3-11H2,1-2H3,(H,16,20)(H,21,22). The number of rotatable bonds is 13. The first-order valence-electron chi connectivity index (χ1n) is 7.56. The summed E-state index contributed by atoms with van der Waals surface area (Å²) in [6, 6.07) is 0. The first-order valence-corrected chi connectivity index (χ1v) is 7.56. The first kappa shape index (κ1) is 20.2. The second-order valence-electron chi connectivity index (χ2n) is 5.46. The molecule has 0 aliphatic carbocycles. The van der Waals surface area contributed by atoms with Crippen molar-refractivity contribution in [2.45, 2.75) is 58.8 Å². The van der Waals surface area contributed by atoms with E-state index in [4.69, 9.17) is 5.11 Å². The third kappa shape index (κ3) is 13.2. The maximum atomic E-state index is 11.7. The molecule has 0 radical (unpaired) electrons. The van der Waals surface area contributed by atoms with Gasteiger partial charge < -0.3 is 5.11 Å². The molecular formula is C15H26N2O5. The van der Waals surface area contributed by atoms with E-state index in [9.17, 15) is 19.2 Å². The summed E-state index contributed by atoms with van der Waals surface area (Å²) in [5.74, 6) is -1.25. The number of carboxylic acid groups (broad SMARTS) is 1. The molecule has 7 nitrogen and oxygen atoms in total. The predicted octanol–water partition coefficient (Wildman–Crippen LogP) is 1.31. The summed E-state index contributed by atoms with van der Waals surface area (Å²) in [5.41, 5.74) is 2.57. The van der Waals surface area contributed by atoms with Crippen LogP contribution in [-0.2, 0) is 19.2 Å². The van der Waals surface area contributed by atoms with Crippen molar-refractivity contribution in [2.24, 2.45) is 0 Å². The van der Waals surface area contributed by atoms with Gasteiger partial charge in [0.15, 0.2) is 0 Å². The molecule has 1 amide bonds. The zero-order chi connectivity index (χ0) is 17.0. The van der Waals surface area contributed by atoms with Gasteiger partial charge in [-0.2, -0.15) is 0 Å². The minimum atomic E-state index is -0.782. The monoisotopic (exact) mass is 314 g/mol. The van der Waals surface area contributed by atoms with Crippen molar-refractivity contribution < 1.29 is 24.3 Å². The highest BCUT2D eigenvalue weighted by atomic mass is 16.4. The number of carbonyl (C=O) groups excluding carboxylic acids is 3. The molecule has 0 atom stereocenters. The lowest BCUT2D eigenvalue weighted by Gasteiger charge is -2.20. The molecule has 2 N–H and O–H groups in total. The minimum absolute atomic E-state index is 0.0144. The molecule has 0 saturated carbocycles. The summed E-state index contributed by atoms with van der Waals surface area (Å²) in [6.07, 6.45) is 4.46. The van der Waals surface area contributed by atoms with Crippen LogP contribution in [0.15, 0.2) is 0 Å². The van der Waals surface area contributed by atoms with Crippen LogP contribution in [0.1, 0.15) is 58.8 Å². The van der Waals surface area contributed by atoms with Gasteiger partial charge in [-0.3, -0.25) is 24.6 Å². The average Bonchev–Trinajstić information content (AvgIpc) is 2.35. The molecule has 0 fully saturated rings. The molecule has 0 bridgehead atoms. The molecule has 0 aromatic heterocycles. The zero-order valence-corrected chi connectivity index (χ0v) is 13.4. The predicted molar refractivity (Wildman–Crippen MR) is 81.0 cm³/mol. The molecule has 22 heavy (non-hydrogen) atoms. The van der Waals surface area contributed by atoms with E-state index in [-0.39, 0.29) is 37.0 Å². The lowest BCUT2D eigenvalue weighted by Crippen LogP contribution is -2.46. The Hall–Kier alpha value is -1.76. The first-order chi connectivity index (χ1) is 10.3. The van der Waals surface area contributed by atoms with Gasteiger partial charge in [-0.25, -0.2) is 5.01 Å². The number of carbonyl (C=O) groups is 4. The molecule has 0 spiro atoms. The van der Waals surface area contributed by atoms with Crippen molar-refractivity contribution in [1.82, 2.24) is 10.4 Å². The van der Waals surface area contributed by atoms with Gasteiger partial charge in [0, 0.05) is 12.8 Å². The summed E-state index contributed by atoms with van der Waals surface area (Å²) in [4.78, 5) is 44.2. The van der Waals surface area contributed by atoms with E-state index >= 15 is 0 Å². The number of nitrogens with zero attached hydrogens (tertiary/aromatic N) is 1. The van der Waals surface area contributed by atoms with Crippen LogP contribution in [0.25, 0.3) is 0 Å². The molecule has 0 aromatic rings. The fourth-order valence-electron chi connectivity index (χ4n) is 2.00. The number of hydrogen-bond acceptors (Lipinski definition) is 5. The van der Waals surface area contributed by atoms with Gasteiger partial charge in [0.2, 0.25) is 5.91 Å². The van der Waals surface area contributed by atoms with E-state index in [0.717, 1.165) is 19.3 Å². The number of hydrogen-bond donors (Lipinski definition) is 2. The van der Waals surface area contributed by atoms with Crippen LogP contribution in [0.5, 0.6) is 0 Å². The third-order valence-electron chi connectivity index (χ3n) is 2.90. The van der Waals surface area contributed by atoms with Crippen molar-refractivity contribution in [3.63, 3.8) is 0 Å². The van der Waals surface area contributed by atoms with E-state index in [1.54, 1.807) is 0 Å². The van der Waals surface area contributed by atoms with Crippen LogP contribution < -0.4 is 5.43 Å². The molecule has 0 aromatic carbocycles. The molecule has 126 valence electrons. The number of aliphatic carboxylic acids is 1.